The van der Waals surface area contributed by atoms with Gasteiger partial charge in [0.15, 0.2) is 11.6 Å². The van der Waals surface area contributed by atoms with Crippen LogP contribution in [0.2, 0.25) is 0 Å². The number of imidazole rings is 1. The van der Waals surface area contributed by atoms with Crippen LogP contribution in [0.4, 0.5) is 8.78 Å². The maximum Gasteiger partial charge on any atom is 0.164 e. The molecule has 0 fully saturated rings. The smallest absolute Gasteiger partial charge is 0.164 e. The van der Waals surface area contributed by atoms with E-state index in [4.69, 9.17) is 0 Å². The van der Waals surface area contributed by atoms with Gasteiger partial charge in [-0.3, -0.25) is 0 Å². The monoisotopic (exact) mass is 279 g/mol. The Morgan fingerprint density at radius 1 is 1.30 bits per heavy atom. The van der Waals surface area contributed by atoms with E-state index in [1.165, 1.54) is 0 Å². The molecule has 2 aromatic rings. The standard InChI is InChI=1S/C15H19F2N3/c1-4-7-18-14(15-19-8-9-20(15)3)11-6-5-10(2)12(16)13(11)17/h5-6,8-9,14,18H,4,7H2,1-3H3. The van der Waals surface area contributed by atoms with Crippen LogP contribution in [0.5, 0.6) is 0 Å². The van der Waals surface area contributed by atoms with Gasteiger partial charge < -0.3 is 9.88 Å². The largest absolute Gasteiger partial charge is 0.336 e. The lowest BCUT2D eigenvalue weighted by Crippen LogP contribution is -2.27. The molecule has 0 bridgehead atoms. The van der Waals surface area contributed by atoms with Crippen molar-refractivity contribution in [1.29, 1.82) is 0 Å². The first-order chi connectivity index (χ1) is 9.56. The summed E-state index contributed by atoms with van der Waals surface area (Å²) in [4.78, 5) is 4.25. The Labute approximate surface area is 117 Å². The minimum Gasteiger partial charge on any atom is -0.336 e. The molecule has 1 N–H and O–H groups in total. The average Bonchev–Trinajstić information content (AvgIpc) is 2.85. The third-order valence-electron chi connectivity index (χ3n) is 3.33. The molecule has 0 aliphatic rings. The van der Waals surface area contributed by atoms with Crippen molar-refractivity contribution in [3.8, 4) is 0 Å². The highest BCUT2D eigenvalue weighted by atomic mass is 19.2. The van der Waals surface area contributed by atoms with Gasteiger partial charge in [-0.05, 0) is 25.5 Å². The molecule has 1 heterocycles. The van der Waals surface area contributed by atoms with Crippen molar-refractivity contribution in [3.63, 3.8) is 0 Å². The summed E-state index contributed by atoms with van der Waals surface area (Å²) in [6, 6.07) is 2.76. The number of benzene rings is 1. The molecule has 0 radical (unpaired) electrons. The second-order valence-electron chi connectivity index (χ2n) is 4.88. The zero-order chi connectivity index (χ0) is 14.7. The quantitative estimate of drug-likeness (QED) is 0.911. The van der Waals surface area contributed by atoms with Crippen LogP contribution in [0.25, 0.3) is 0 Å². The average molecular weight is 279 g/mol. The highest BCUT2D eigenvalue weighted by Crippen LogP contribution is 2.26. The minimum absolute atomic E-state index is 0.288. The molecule has 108 valence electrons. The fourth-order valence-corrected chi connectivity index (χ4v) is 2.17. The van der Waals surface area contributed by atoms with Gasteiger partial charge in [0, 0.05) is 25.0 Å². The SMILES string of the molecule is CCCNC(c1ccc(C)c(F)c1F)c1nccn1C. The van der Waals surface area contributed by atoms with E-state index in [1.807, 2.05) is 18.5 Å². The lowest BCUT2D eigenvalue weighted by Gasteiger charge is -2.20. The summed E-state index contributed by atoms with van der Waals surface area (Å²) in [6.45, 7) is 4.28. The maximum absolute atomic E-state index is 14.2. The second kappa shape index (κ2) is 6.13. The van der Waals surface area contributed by atoms with Crippen LogP contribution >= 0.6 is 0 Å². The molecule has 1 aromatic heterocycles. The minimum atomic E-state index is -0.804. The van der Waals surface area contributed by atoms with Crippen molar-refractivity contribution < 1.29 is 8.78 Å². The normalized spacial score (nSPS) is 12.7. The van der Waals surface area contributed by atoms with Crippen LogP contribution in [-0.4, -0.2) is 16.1 Å². The molecule has 0 saturated carbocycles. The number of hydrogen-bond acceptors (Lipinski definition) is 2. The van der Waals surface area contributed by atoms with Crippen LogP contribution < -0.4 is 5.32 Å². The Balaban J connectivity index is 2.47. The summed E-state index contributed by atoms with van der Waals surface area (Å²) in [5.41, 5.74) is 0.594. The number of aryl methyl sites for hydroxylation is 2. The van der Waals surface area contributed by atoms with E-state index in [9.17, 15) is 8.78 Å². The van der Waals surface area contributed by atoms with Crippen molar-refractivity contribution in [3.05, 3.63) is 53.1 Å². The van der Waals surface area contributed by atoms with Gasteiger partial charge in [-0.2, -0.15) is 0 Å². The zero-order valence-electron chi connectivity index (χ0n) is 12.0. The van der Waals surface area contributed by atoms with Gasteiger partial charge in [0.1, 0.15) is 5.82 Å². The molecule has 2 rings (SSSR count). The van der Waals surface area contributed by atoms with Crippen LogP contribution in [-0.2, 0) is 7.05 Å². The predicted octanol–water partition coefficient (Wildman–Crippen LogP) is 3.10. The first kappa shape index (κ1) is 14.7. The molecule has 0 spiro atoms. The van der Waals surface area contributed by atoms with Crippen LogP contribution in [0.15, 0.2) is 24.5 Å². The summed E-state index contributed by atoms with van der Waals surface area (Å²) < 4.78 is 29.8. The van der Waals surface area contributed by atoms with E-state index < -0.39 is 17.7 Å². The van der Waals surface area contributed by atoms with Gasteiger partial charge in [-0.1, -0.05) is 19.1 Å². The molecular formula is C15H19F2N3. The topological polar surface area (TPSA) is 29.9 Å². The molecular weight excluding hydrogens is 260 g/mol. The lowest BCUT2D eigenvalue weighted by atomic mass is 10.0. The van der Waals surface area contributed by atoms with Gasteiger partial charge >= 0.3 is 0 Å². The second-order valence-corrected chi connectivity index (χ2v) is 4.88. The number of nitrogens with zero attached hydrogens (tertiary/aromatic N) is 2. The molecule has 1 aromatic carbocycles. The van der Waals surface area contributed by atoms with Crippen LogP contribution in [0.1, 0.15) is 36.3 Å². The van der Waals surface area contributed by atoms with E-state index in [0.717, 1.165) is 6.42 Å². The Hall–Kier alpha value is -1.75. The zero-order valence-corrected chi connectivity index (χ0v) is 12.0. The number of halogens is 2. The highest BCUT2D eigenvalue weighted by molar-refractivity contribution is 5.31. The van der Waals surface area contributed by atoms with Gasteiger partial charge in [0.05, 0.1) is 6.04 Å². The van der Waals surface area contributed by atoms with E-state index in [1.54, 1.807) is 31.5 Å². The van der Waals surface area contributed by atoms with Crippen LogP contribution in [0, 0.1) is 18.6 Å². The number of aromatic nitrogens is 2. The number of nitrogens with one attached hydrogen (secondary N) is 1. The predicted molar refractivity (Wildman–Crippen MR) is 74.4 cm³/mol. The third kappa shape index (κ3) is 2.72. The van der Waals surface area contributed by atoms with Crippen molar-refractivity contribution >= 4 is 0 Å². The third-order valence-corrected chi connectivity index (χ3v) is 3.33. The molecule has 0 aliphatic heterocycles. The number of hydrogen-bond donors (Lipinski definition) is 1. The van der Waals surface area contributed by atoms with Crippen molar-refractivity contribution in [2.45, 2.75) is 26.3 Å². The molecule has 0 aliphatic carbocycles. The van der Waals surface area contributed by atoms with E-state index >= 15 is 0 Å². The van der Waals surface area contributed by atoms with Crippen molar-refractivity contribution in [1.82, 2.24) is 14.9 Å². The van der Waals surface area contributed by atoms with E-state index in [0.29, 0.717) is 17.9 Å². The summed E-state index contributed by atoms with van der Waals surface area (Å²) in [5.74, 6) is -0.929. The molecule has 5 heteroatoms. The van der Waals surface area contributed by atoms with Crippen molar-refractivity contribution in [2.24, 2.45) is 7.05 Å². The molecule has 0 saturated heterocycles. The first-order valence-electron chi connectivity index (χ1n) is 6.71. The number of rotatable bonds is 5. The van der Waals surface area contributed by atoms with Crippen molar-refractivity contribution in [2.75, 3.05) is 6.54 Å². The first-order valence-corrected chi connectivity index (χ1v) is 6.71. The van der Waals surface area contributed by atoms with Gasteiger partial charge in [-0.25, -0.2) is 13.8 Å². The summed E-state index contributed by atoms with van der Waals surface area (Å²) in [5, 5.41) is 3.23. The van der Waals surface area contributed by atoms with Gasteiger partial charge in [-0.15, -0.1) is 0 Å². The molecule has 1 unspecified atom stereocenters. The molecule has 0 amide bonds. The van der Waals surface area contributed by atoms with Gasteiger partial charge in [0.2, 0.25) is 0 Å². The fourth-order valence-electron chi connectivity index (χ4n) is 2.17. The molecule has 20 heavy (non-hydrogen) atoms. The Bertz CT molecular complexity index is 593. The summed E-state index contributed by atoms with van der Waals surface area (Å²) in [6.07, 6.45) is 4.34. The highest BCUT2D eigenvalue weighted by Gasteiger charge is 2.23. The van der Waals surface area contributed by atoms with Gasteiger partial charge in [0.25, 0.3) is 0 Å². The summed E-state index contributed by atoms with van der Waals surface area (Å²) in [7, 11) is 1.84. The Morgan fingerprint density at radius 3 is 2.65 bits per heavy atom. The van der Waals surface area contributed by atoms with E-state index in [2.05, 4.69) is 10.3 Å². The molecule has 1 atom stereocenters. The Kier molecular flexibility index (Phi) is 4.49. The molecule has 3 nitrogen and oxygen atoms in total. The van der Waals surface area contributed by atoms with E-state index in [-0.39, 0.29) is 5.56 Å². The van der Waals surface area contributed by atoms with Crippen LogP contribution in [0.3, 0.4) is 0 Å². The fraction of sp³-hybridized carbons (Fsp3) is 0.400. The maximum atomic E-state index is 14.2. The summed E-state index contributed by atoms with van der Waals surface area (Å²) >= 11 is 0. The Morgan fingerprint density at radius 2 is 2.05 bits per heavy atom. The lowest BCUT2D eigenvalue weighted by molar-refractivity contribution is 0.467.